The van der Waals surface area contributed by atoms with Crippen molar-refractivity contribution in [3.05, 3.63) is 48.6 Å². The van der Waals surface area contributed by atoms with Crippen LogP contribution in [0.3, 0.4) is 0 Å². The highest BCUT2D eigenvalue weighted by Gasteiger charge is 2.17. The van der Waals surface area contributed by atoms with Crippen molar-refractivity contribution in [1.29, 1.82) is 0 Å². The van der Waals surface area contributed by atoms with Gasteiger partial charge in [0.2, 0.25) is 5.91 Å². The van der Waals surface area contributed by atoms with Crippen LogP contribution in [-0.4, -0.2) is 34.9 Å². The van der Waals surface area contributed by atoms with E-state index >= 15 is 0 Å². The molecular weight excluding hydrogens is 578 g/mol. The molecule has 0 aliphatic carbocycles. The molecular formula is C43H79NO3. The standard InChI is InChI=1S/C43H79NO3/c1-3-5-7-9-11-13-15-17-18-19-20-21-22-23-24-25-26-27-28-30-32-34-36-38-42(46)41(40-45)44-43(47)39-37-35-33-31-29-16-14-12-10-8-6-4-2/h12,14,24-25,28,30,36,38,41-42,45-46H,3-11,13,15-23,26-27,29,31-35,37,39-40H2,1-2H3,(H,44,47)/b14-12-,25-24+,30-28+,38-36+. The summed E-state index contributed by atoms with van der Waals surface area (Å²) in [6.45, 7) is 4.26. The van der Waals surface area contributed by atoms with E-state index in [1.807, 2.05) is 6.08 Å². The maximum atomic E-state index is 12.3. The first-order chi connectivity index (χ1) is 23.2. The van der Waals surface area contributed by atoms with Crippen molar-refractivity contribution in [3.8, 4) is 0 Å². The number of aliphatic hydroxyl groups excluding tert-OH is 2. The summed E-state index contributed by atoms with van der Waals surface area (Å²) in [5.74, 6) is -0.0900. The fourth-order valence-electron chi connectivity index (χ4n) is 5.85. The first-order valence-corrected chi connectivity index (χ1v) is 20.4. The maximum Gasteiger partial charge on any atom is 0.220 e. The number of allylic oxidation sites excluding steroid dienone is 7. The molecule has 47 heavy (non-hydrogen) atoms. The normalized spacial score (nSPS) is 13.5. The smallest absolute Gasteiger partial charge is 0.220 e. The van der Waals surface area contributed by atoms with Gasteiger partial charge in [0.05, 0.1) is 18.8 Å². The fourth-order valence-corrected chi connectivity index (χ4v) is 5.85. The van der Waals surface area contributed by atoms with Crippen LogP contribution in [0.2, 0.25) is 0 Å². The van der Waals surface area contributed by atoms with Crippen LogP contribution in [0.4, 0.5) is 0 Å². The Morgan fingerprint density at radius 1 is 0.489 bits per heavy atom. The van der Waals surface area contributed by atoms with Crippen LogP contribution in [0.1, 0.15) is 200 Å². The molecule has 0 aliphatic heterocycles. The highest BCUT2D eigenvalue weighted by molar-refractivity contribution is 5.76. The lowest BCUT2D eigenvalue weighted by Gasteiger charge is -2.19. The molecule has 0 spiro atoms. The molecule has 4 nitrogen and oxygen atoms in total. The Morgan fingerprint density at radius 2 is 0.830 bits per heavy atom. The van der Waals surface area contributed by atoms with Crippen LogP contribution in [-0.2, 0) is 4.79 Å². The van der Waals surface area contributed by atoms with Crippen molar-refractivity contribution >= 4 is 5.91 Å². The Labute approximate surface area is 293 Å². The van der Waals surface area contributed by atoms with Crippen LogP contribution in [0.5, 0.6) is 0 Å². The number of rotatable bonds is 36. The molecule has 0 radical (unpaired) electrons. The minimum absolute atomic E-state index is 0.0900. The number of carbonyl (C=O) groups excluding carboxylic acids is 1. The third-order valence-electron chi connectivity index (χ3n) is 9.01. The highest BCUT2D eigenvalue weighted by Crippen LogP contribution is 2.13. The molecule has 0 saturated heterocycles. The molecule has 0 heterocycles. The number of nitrogens with one attached hydrogen (secondary N) is 1. The van der Waals surface area contributed by atoms with E-state index in [9.17, 15) is 15.0 Å². The third-order valence-corrected chi connectivity index (χ3v) is 9.01. The Balaban J connectivity index is 3.66. The van der Waals surface area contributed by atoms with Gasteiger partial charge in [0, 0.05) is 6.42 Å². The minimum atomic E-state index is -0.872. The monoisotopic (exact) mass is 658 g/mol. The average Bonchev–Trinajstić information content (AvgIpc) is 3.07. The SMILES string of the molecule is CCCCC/C=C\CCCCCCCC(=O)NC(CO)C(O)/C=C/CC/C=C/CC/C=C/CCCCCCCCCCCCCCC. The lowest BCUT2D eigenvalue weighted by Crippen LogP contribution is -2.45. The van der Waals surface area contributed by atoms with Crippen molar-refractivity contribution in [2.24, 2.45) is 0 Å². The summed E-state index contributed by atoms with van der Waals surface area (Å²) in [5.41, 5.74) is 0. The summed E-state index contributed by atoms with van der Waals surface area (Å²) in [4.78, 5) is 12.3. The van der Waals surface area contributed by atoms with Gasteiger partial charge in [0.1, 0.15) is 0 Å². The van der Waals surface area contributed by atoms with Gasteiger partial charge < -0.3 is 15.5 Å². The van der Waals surface area contributed by atoms with E-state index in [1.54, 1.807) is 6.08 Å². The van der Waals surface area contributed by atoms with Crippen molar-refractivity contribution < 1.29 is 15.0 Å². The predicted octanol–water partition coefficient (Wildman–Crippen LogP) is 12.4. The van der Waals surface area contributed by atoms with E-state index in [-0.39, 0.29) is 12.5 Å². The molecule has 0 aromatic heterocycles. The lowest BCUT2D eigenvalue weighted by atomic mass is 10.0. The zero-order valence-electron chi connectivity index (χ0n) is 31.3. The number of amides is 1. The van der Waals surface area contributed by atoms with Gasteiger partial charge in [-0.15, -0.1) is 0 Å². The van der Waals surface area contributed by atoms with E-state index in [0.29, 0.717) is 6.42 Å². The molecule has 3 N–H and O–H groups in total. The molecule has 0 aromatic rings. The summed E-state index contributed by atoms with van der Waals surface area (Å²) in [5, 5.41) is 22.9. The van der Waals surface area contributed by atoms with E-state index in [1.165, 1.54) is 128 Å². The van der Waals surface area contributed by atoms with Gasteiger partial charge in [-0.05, 0) is 70.6 Å². The quantitative estimate of drug-likeness (QED) is 0.0464. The van der Waals surface area contributed by atoms with Crippen LogP contribution < -0.4 is 5.32 Å². The summed E-state index contributed by atoms with van der Waals surface area (Å²) < 4.78 is 0. The first-order valence-electron chi connectivity index (χ1n) is 20.4. The molecule has 0 fully saturated rings. The average molecular weight is 658 g/mol. The zero-order valence-corrected chi connectivity index (χ0v) is 31.3. The second kappa shape index (κ2) is 38.8. The molecule has 0 rings (SSSR count). The Kier molecular flexibility index (Phi) is 37.4. The van der Waals surface area contributed by atoms with Gasteiger partial charge in [0.15, 0.2) is 0 Å². The van der Waals surface area contributed by atoms with E-state index in [2.05, 4.69) is 55.6 Å². The number of aliphatic hydroxyl groups is 2. The van der Waals surface area contributed by atoms with Gasteiger partial charge in [-0.3, -0.25) is 4.79 Å². The molecule has 2 unspecified atom stereocenters. The van der Waals surface area contributed by atoms with Crippen LogP contribution in [0.15, 0.2) is 48.6 Å². The predicted molar refractivity (Wildman–Crippen MR) is 207 cm³/mol. The zero-order chi connectivity index (χ0) is 34.3. The van der Waals surface area contributed by atoms with Crippen molar-refractivity contribution in [2.75, 3.05) is 6.61 Å². The second-order valence-electron chi connectivity index (χ2n) is 13.7. The van der Waals surface area contributed by atoms with E-state index < -0.39 is 12.1 Å². The summed E-state index contributed by atoms with van der Waals surface area (Å²) in [7, 11) is 0. The van der Waals surface area contributed by atoms with Crippen LogP contribution >= 0.6 is 0 Å². The number of hydrogen-bond donors (Lipinski definition) is 3. The molecule has 2 atom stereocenters. The van der Waals surface area contributed by atoms with Crippen LogP contribution in [0.25, 0.3) is 0 Å². The molecule has 274 valence electrons. The molecule has 0 aliphatic rings. The highest BCUT2D eigenvalue weighted by atomic mass is 16.3. The van der Waals surface area contributed by atoms with Gasteiger partial charge >= 0.3 is 0 Å². The van der Waals surface area contributed by atoms with Crippen LogP contribution in [0, 0.1) is 0 Å². The Hall–Kier alpha value is -1.65. The van der Waals surface area contributed by atoms with E-state index in [0.717, 1.165) is 51.4 Å². The number of hydrogen-bond acceptors (Lipinski definition) is 3. The Morgan fingerprint density at radius 3 is 1.28 bits per heavy atom. The summed E-state index contributed by atoms with van der Waals surface area (Å²) in [6.07, 6.45) is 52.1. The first kappa shape index (κ1) is 45.3. The van der Waals surface area contributed by atoms with Gasteiger partial charge in [-0.25, -0.2) is 0 Å². The fraction of sp³-hybridized carbons (Fsp3) is 0.791. The van der Waals surface area contributed by atoms with E-state index in [4.69, 9.17) is 0 Å². The summed E-state index contributed by atoms with van der Waals surface area (Å²) >= 11 is 0. The molecule has 1 amide bonds. The topological polar surface area (TPSA) is 69.6 Å². The minimum Gasteiger partial charge on any atom is -0.394 e. The third kappa shape index (κ3) is 35.5. The Bertz CT molecular complexity index is 756. The molecule has 0 aromatic carbocycles. The second-order valence-corrected chi connectivity index (χ2v) is 13.7. The van der Waals surface area contributed by atoms with Crippen molar-refractivity contribution in [3.63, 3.8) is 0 Å². The lowest BCUT2D eigenvalue weighted by molar-refractivity contribution is -0.123. The molecule has 0 saturated carbocycles. The largest absolute Gasteiger partial charge is 0.394 e. The molecule has 0 bridgehead atoms. The molecule has 4 heteroatoms. The van der Waals surface area contributed by atoms with Crippen molar-refractivity contribution in [1.82, 2.24) is 5.32 Å². The summed E-state index contributed by atoms with van der Waals surface area (Å²) in [6, 6.07) is -0.648. The number of carbonyl (C=O) groups is 1. The van der Waals surface area contributed by atoms with Gasteiger partial charge in [-0.1, -0.05) is 172 Å². The van der Waals surface area contributed by atoms with Gasteiger partial charge in [0.25, 0.3) is 0 Å². The number of unbranched alkanes of at least 4 members (excludes halogenated alkanes) is 23. The van der Waals surface area contributed by atoms with Crippen molar-refractivity contribution in [2.45, 2.75) is 212 Å². The van der Waals surface area contributed by atoms with Gasteiger partial charge in [-0.2, -0.15) is 0 Å². The maximum absolute atomic E-state index is 12.3.